The molecule has 0 spiro atoms. The molecule has 4 heterocycles. The van der Waals surface area contributed by atoms with E-state index >= 15 is 0 Å². The molecule has 0 bridgehead atoms. The predicted octanol–water partition coefficient (Wildman–Crippen LogP) is 3.54. The van der Waals surface area contributed by atoms with Gasteiger partial charge in [-0.3, -0.25) is 0 Å². The van der Waals surface area contributed by atoms with Crippen molar-refractivity contribution in [2.75, 3.05) is 50.1 Å². The van der Waals surface area contributed by atoms with Gasteiger partial charge in [-0.25, -0.2) is 9.97 Å². The minimum Gasteiger partial charge on any atom is -0.355 e. The van der Waals surface area contributed by atoms with Crippen molar-refractivity contribution < 1.29 is 0 Å². The third-order valence-corrected chi connectivity index (χ3v) is 7.13. The van der Waals surface area contributed by atoms with Crippen LogP contribution in [0.15, 0.2) is 30.3 Å². The van der Waals surface area contributed by atoms with Crippen LogP contribution in [-0.4, -0.2) is 62.3 Å². The molecule has 0 amide bonds. The molecule has 2 aromatic heterocycles. The van der Waals surface area contributed by atoms with Gasteiger partial charge in [0, 0.05) is 55.6 Å². The summed E-state index contributed by atoms with van der Waals surface area (Å²) in [4.78, 5) is 14.9. The summed E-state index contributed by atoms with van der Waals surface area (Å²) in [5.74, 6) is 3.02. The normalized spacial score (nSPS) is 22.2. The highest BCUT2D eigenvalue weighted by Crippen LogP contribution is 2.28. The van der Waals surface area contributed by atoms with Crippen LogP contribution in [0.4, 0.5) is 11.6 Å². The fourth-order valence-electron chi connectivity index (χ4n) is 4.93. The Morgan fingerprint density at radius 3 is 2.09 bits per heavy atom. The molecule has 2 saturated heterocycles. The van der Waals surface area contributed by atoms with Gasteiger partial charge in [0.25, 0.3) is 0 Å². The molecule has 0 aliphatic carbocycles. The molecule has 0 saturated carbocycles. The van der Waals surface area contributed by atoms with Crippen LogP contribution in [0, 0.1) is 0 Å². The lowest BCUT2D eigenvalue weighted by Gasteiger charge is -2.22. The molecular formula is C26H40N6. The molecule has 1 unspecified atom stereocenters. The monoisotopic (exact) mass is 436 g/mol. The second-order valence-electron chi connectivity index (χ2n) is 9.88. The van der Waals surface area contributed by atoms with E-state index in [-0.39, 0.29) is 0 Å². The lowest BCUT2D eigenvalue weighted by molar-refractivity contribution is 0.616. The van der Waals surface area contributed by atoms with Crippen molar-refractivity contribution in [2.24, 2.45) is 0 Å². The molecule has 2 fully saturated rings. The van der Waals surface area contributed by atoms with Crippen molar-refractivity contribution in [1.29, 1.82) is 0 Å². The molecule has 2 aliphatic rings. The van der Waals surface area contributed by atoms with E-state index in [0.717, 1.165) is 44.2 Å². The first-order chi connectivity index (χ1) is 15.5. The van der Waals surface area contributed by atoms with E-state index in [9.17, 15) is 0 Å². The average molecular weight is 437 g/mol. The molecular weight excluding hydrogens is 396 g/mol. The van der Waals surface area contributed by atoms with Gasteiger partial charge in [-0.1, -0.05) is 26.8 Å². The topological polar surface area (TPSA) is 56.3 Å². The van der Waals surface area contributed by atoms with Gasteiger partial charge in [-0.15, -0.1) is 0 Å². The summed E-state index contributed by atoms with van der Waals surface area (Å²) in [7, 11) is 4.11. The van der Waals surface area contributed by atoms with Gasteiger partial charge in [-0.05, 0) is 69.1 Å². The van der Waals surface area contributed by atoms with Gasteiger partial charge in [-0.2, -0.15) is 0 Å². The fourth-order valence-corrected chi connectivity index (χ4v) is 4.93. The van der Waals surface area contributed by atoms with E-state index in [4.69, 9.17) is 9.97 Å². The number of pyridine rings is 2. The summed E-state index contributed by atoms with van der Waals surface area (Å²) in [5.41, 5.74) is 3.73. The smallest absolute Gasteiger partial charge is 0.129 e. The van der Waals surface area contributed by atoms with Crippen LogP contribution in [0.1, 0.15) is 62.4 Å². The summed E-state index contributed by atoms with van der Waals surface area (Å²) in [6.07, 6.45) is 3.34. The number of aromatic nitrogens is 2. The molecule has 6 nitrogen and oxygen atoms in total. The Bertz CT molecular complexity index is 898. The van der Waals surface area contributed by atoms with Gasteiger partial charge < -0.3 is 20.4 Å². The number of hydrogen-bond donors (Lipinski definition) is 2. The molecule has 0 radical (unpaired) electrons. The molecule has 6 heteroatoms. The van der Waals surface area contributed by atoms with E-state index in [2.05, 4.69) is 85.6 Å². The first kappa shape index (κ1) is 23.0. The van der Waals surface area contributed by atoms with E-state index in [1.165, 1.54) is 29.8 Å². The SMILES string of the molecule is CN[C@@H]1CCN(c2cccc(C(C)Cc3cc(C(C)C)nc(N4CC[C@H](NC)C4)c3)n2)C1. The Kier molecular flexibility index (Phi) is 7.31. The first-order valence-electron chi connectivity index (χ1n) is 12.3. The van der Waals surface area contributed by atoms with E-state index in [1.54, 1.807) is 0 Å². The van der Waals surface area contributed by atoms with Crippen molar-refractivity contribution in [3.63, 3.8) is 0 Å². The minimum atomic E-state index is 0.358. The molecule has 3 atom stereocenters. The van der Waals surface area contributed by atoms with Crippen molar-refractivity contribution >= 4 is 11.6 Å². The summed E-state index contributed by atoms with van der Waals surface area (Å²) < 4.78 is 0. The largest absolute Gasteiger partial charge is 0.355 e. The Balaban J connectivity index is 1.51. The van der Waals surface area contributed by atoms with E-state index in [1.807, 2.05) is 0 Å². The average Bonchev–Trinajstić information content (AvgIpc) is 3.48. The first-order valence-corrected chi connectivity index (χ1v) is 12.3. The van der Waals surface area contributed by atoms with Crippen molar-refractivity contribution in [2.45, 2.75) is 64.0 Å². The zero-order chi connectivity index (χ0) is 22.7. The van der Waals surface area contributed by atoms with Gasteiger partial charge in [0.2, 0.25) is 0 Å². The zero-order valence-corrected chi connectivity index (χ0v) is 20.4. The number of hydrogen-bond acceptors (Lipinski definition) is 6. The molecule has 2 aromatic rings. The van der Waals surface area contributed by atoms with Gasteiger partial charge in [0.1, 0.15) is 11.6 Å². The third-order valence-electron chi connectivity index (χ3n) is 7.13. The maximum atomic E-state index is 5.06. The molecule has 2 N–H and O–H groups in total. The highest BCUT2D eigenvalue weighted by molar-refractivity contribution is 5.46. The predicted molar refractivity (Wildman–Crippen MR) is 134 cm³/mol. The maximum absolute atomic E-state index is 5.06. The fraction of sp³-hybridized carbons (Fsp3) is 0.615. The van der Waals surface area contributed by atoms with Crippen LogP contribution in [0.5, 0.6) is 0 Å². The summed E-state index contributed by atoms with van der Waals surface area (Å²) >= 11 is 0. The van der Waals surface area contributed by atoms with E-state index in [0.29, 0.717) is 23.9 Å². The van der Waals surface area contributed by atoms with E-state index < -0.39 is 0 Å². The van der Waals surface area contributed by atoms with Crippen LogP contribution in [0.3, 0.4) is 0 Å². The van der Waals surface area contributed by atoms with Crippen molar-refractivity contribution in [1.82, 2.24) is 20.6 Å². The Morgan fingerprint density at radius 2 is 1.50 bits per heavy atom. The summed E-state index contributed by atoms with van der Waals surface area (Å²) in [6, 6.07) is 12.2. The van der Waals surface area contributed by atoms with Crippen LogP contribution < -0.4 is 20.4 Å². The third kappa shape index (κ3) is 5.24. The second kappa shape index (κ2) is 10.2. The van der Waals surface area contributed by atoms with Gasteiger partial charge in [0.15, 0.2) is 0 Å². The summed E-state index contributed by atoms with van der Waals surface area (Å²) in [6.45, 7) is 11.0. The van der Waals surface area contributed by atoms with Crippen LogP contribution in [0.25, 0.3) is 0 Å². The molecule has 0 aromatic carbocycles. The molecule has 32 heavy (non-hydrogen) atoms. The quantitative estimate of drug-likeness (QED) is 0.660. The lowest BCUT2D eigenvalue weighted by Crippen LogP contribution is -2.30. The van der Waals surface area contributed by atoms with Crippen LogP contribution >= 0.6 is 0 Å². The number of rotatable bonds is 8. The Morgan fingerprint density at radius 1 is 0.875 bits per heavy atom. The van der Waals surface area contributed by atoms with Crippen molar-refractivity contribution in [3.8, 4) is 0 Å². The Labute approximate surface area is 193 Å². The number of nitrogens with one attached hydrogen (secondary N) is 2. The second-order valence-corrected chi connectivity index (χ2v) is 9.88. The maximum Gasteiger partial charge on any atom is 0.129 e. The van der Waals surface area contributed by atoms with Crippen LogP contribution in [-0.2, 0) is 6.42 Å². The number of likely N-dealkylation sites (N-methyl/N-ethyl adjacent to an activating group) is 2. The lowest BCUT2D eigenvalue weighted by atomic mass is 9.96. The molecule has 4 rings (SSSR count). The standard InChI is InChI=1S/C26H40N6/c1-18(2)24-14-20(15-26(30-24)32-12-10-22(17-32)28-5)13-19(3)23-7-6-8-25(29-23)31-11-9-21(16-31)27-4/h6-8,14-15,18-19,21-22,27-28H,9-13,16-17H2,1-5H3/t19?,21-,22+/m1/s1. The number of nitrogens with zero attached hydrogens (tertiary/aromatic N) is 4. The molecule has 2 aliphatic heterocycles. The highest BCUT2D eigenvalue weighted by Gasteiger charge is 2.24. The minimum absolute atomic E-state index is 0.358. The Hall–Kier alpha value is -2.18. The van der Waals surface area contributed by atoms with Gasteiger partial charge >= 0.3 is 0 Å². The highest BCUT2D eigenvalue weighted by atomic mass is 15.2. The summed E-state index contributed by atoms with van der Waals surface area (Å²) in [5, 5.41) is 6.82. The zero-order valence-electron chi connectivity index (χ0n) is 20.4. The van der Waals surface area contributed by atoms with Gasteiger partial charge in [0.05, 0.1) is 0 Å². The number of anilines is 2. The van der Waals surface area contributed by atoms with Crippen molar-refractivity contribution in [3.05, 3.63) is 47.3 Å². The molecule has 174 valence electrons. The van der Waals surface area contributed by atoms with Crippen LogP contribution in [0.2, 0.25) is 0 Å².